The van der Waals surface area contributed by atoms with Crippen LogP contribution in [0.5, 0.6) is 0 Å². The second-order valence-electron chi connectivity index (χ2n) is 10.4. The average molecular weight is 399 g/mol. The van der Waals surface area contributed by atoms with Crippen molar-refractivity contribution >= 4 is 23.5 Å². The Morgan fingerprint density at radius 3 is 2.17 bits per heavy atom. The first-order valence-corrected chi connectivity index (χ1v) is 10.5. The lowest BCUT2D eigenvalue weighted by Gasteiger charge is -2.64. The monoisotopic (exact) mass is 398 g/mol. The van der Waals surface area contributed by atoms with Crippen molar-refractivity contribution in [1.29, 1.82) is 0 Å². The van der Waals surface area contributed by atoms with Gasteiger partial charge in [-0.25, -0.2) is 0 Å². The second kappa shape index (κ2) is 6.85. The van der Waals surface area contributed by atoms with Crippen LogP contribution >= 0.6 is 0 Å². The third kappa shape index (κ3) is 4.02. The van der Waals surface area contributed by atoms with Crippen molar-refractivity contribution in [3.63, 3.8) is 0 Å². The Labute approximate surface area is 171 Å². The lowest BCUT2D eigenvalue weighted by atomic mass is 9.40. The highest BCUT2D eigenvalue weighted by atomic mass is 16.4. The number of carboxylic acids is 1. The van der Waals surface area contributed by atoms with Crippen LogP contribution in [0.1, 0.15) is 57.9 Å². The number of anilines is 1. The van der Waals surface area contributed by atoms with Crippen molar-refractivity contribution < 1.29 is 19.5 Å². The minimum atomic E-state index is -1.07. The predicted octanol–water partition coefficient (Wildman–Crippen LogP) is 3.37. The molecule has 2 atom stereocenters. The van der Waals surface area contributed by atoms with E-state index in [9.17, 15) is 14.4 Å². The number of carbonyl (C=O) groups is 3. The van der Waals surface area contributed by atoms with E-state index in [-0.39, 0.29) is 30.2 Å². The van der Waals surface area contributed by atoms with E-state index in [1.807, 2.05) is 12.1 Å². The smallest absolute Gasteiger partial charge is 0.322 e. The molecule has 0 heterocycles. The van der Waals surface area contributed by atoms with Gasteiger partial charge in [0.1, 0.15) is 6.54 Å². The number of carbonyl (C=O) groups excluding carboxylic acids is 2. The summed E-state index contributed by atoms with van der Waals surface area (Å²) in [6.45, 7) is 4.35. The number of benzene rings is 1. The van der Waals surface area contributed by atoms with E-state index in [1.54, 1.807) is 12.1 Å². The van der Waals surface area contributed by atoms with E-state index in [1.165, 1.54) is 19.3 Å². The van der Waals surface area contributed by atoms with E-state index in [2.05, 4.69) is 24.5 Å². The fourth-order valence-electron chi connectivity index (χ4n) is 7.09. The molecule has 6 nitrogen and oxygen atoms in total. The lowest BCUT2D eigenvalue weighted by molar-refractivity contribution is -0.165. The average Bonchev–Trinajstić information content (AvgIpc) is 2.58. The Hall–Kier alpha value is -2.37. The Morgan fingerprint density at radius 2 is 1.62 bits per heavy atom. The maximum atomic E-state index is 13.3. The molecule has 4 aliphatic rings. The van der Waals surface area contributed by atoms with Gasteiger partial charge in [-0.05, 0) is 73.0 Å². The number of hydrogen-bond acceptors (Lipinski definition) is 3. The van der Waals surface area contributed by atoms with Crippen LogP contribution in [0, 0.1) is 22.2 Å². The van der Waals surface area contributed by atoms with Crippen LogP contribution in [0.15, 0.2) is 24.3 Å². The zero-order chi connectivity index (χ0) is 20.9. The van der Waals surface area contributed by atoms with Crippen molar-refractivity contribution in [2.45, 2.75) is 58.8 Å². The SMILES string of the molecule is CC12CC3CC(C)(C1)CC(C(=O)Nc1ccc(CC(=O)NCC(=O)O)cc1)(C3)C2. The Morgan fingerprint density at radius 1 is 1.00 bits per heavy atom. The first kappa shape index (κ1) is 19.9. The number of rotatable bonds is 6. The molecule has 2 amide bonds. The zero-order valence-electron chi connectivity index (χ0n) is 17.2. The van der Waals surface area contributed by atoms with Crippen molar-refractivity contribution in [2.24, 2.45) is 22.2 Å². The minimum Gasteiger partial charge on any atom is -0.480 e. The molecule has 0 aromatic heterocycles. The molecule has 1 aromatic rings. The molecule has 6 heteroatoms. The minimum absolute atomic E-state index is 0.115. The molecule has 1 aromatic carbocycles. The van der Waals surface area contributed by atoms with Crippen LogP contribution in [-0.4, -0.2) is 29.4 Å². The zero-order valence-corrected chi connectivity index (χ0v) is 17.2. The summed E-state index contributed by atoms with van der Waals surface area (Å²) < 4.78 is 0. The molecule has 3 N–H and O–H groups in total. The van der Waals surface area contributed by atoms with E-state index < -0.39 is 5.97 Å². The molecule has 5 rings (SSSR count). The molecule has 4 fully saturated rings. The molecule has 0 spiro atoms. The highest BCUT2D eigenvalue weighted by Gasteiger charge is 2.62. The summed E-state index contributed by atoms with van der Waals surface area (Å²) in [5, 5.41) is 14.1. The van der Waals surface area contributed by atoms with E-state index in [4.69, 9.17) is 5.11 Å². The maximum absolute atomic E-state index is 13.3. The summed E-state index contributed by atoms with van der Waals surface area (Å²) in [5.74, 6) is -0.590. The Balaban J connectivity index is 1.40. The molecule has 2 unspecified atom stereocenters. The topological polar surface area (TPSA) is 95.5 Å². The van der Waals surface area contributed by atoms with Gasteiger partial charge in [-0.1, -0.05) is 26.0 Å². The summed E-state index contributed by atoms with van der Waals surface area (Å²) >= 11 is 0. The summed E-state index contributed by atoms with van der Waals surface area (Å²) in [6, 6.07) is 7.25. The summed E-state index contributed by atoms with van der Waals surface area (Å²) in [4.78, 5) is 35.6. The van der Waals surface area contributed by atoms with Crippen LogP contribution in [0.2, 0.25) is 0 Å². The molecule has 4 aliphatic carbocycles. The predicted molar refractivity (Wildman–Crippen MR) is 109 cm³/mol. The number of carboxylic acid groups (broad SMARTS) is 1. The summed E-state index contributed by atoms with van der Waals surface area (Å²) in [6.07, 6.45) is 6.85. The maximum Gasteiger partial charge on any atom is 0.322 e. The first-order chi connectivity index (χ1) is 13.6. The highest BCUT2D eigenvalue weighted by molar-refractivity contribution is 5.96. The van der Waals surface area contributed by atoms with Crippen molar-refractivity contribution in [3.05, 3.63) is 29.8 Å². The lowest BCUT2D eigenvalue weighted by Crippen LogP contribution is -2.58. The van der Waals surface area contributed by atoms with Gasteiger partial charge in [-0.2, -0.15) is 0 Å². The molecule has 0 saturated heterocycles. The summed E-state index contributed by atoms with van der Waals surface area (Å²) in [5.41, 5.74) is 1.85. The quantitative estimate of drug-likeness (QED) is 0.685. The highest BCUT2D eigenvalue weighted by Crippen LogP contribution is 2.69. The van der Waals surface area contributed by atoms with Gasteiger partial charge < -0.3 is 15.7 Å². The Bertz CT molecular complexity index is 829. The fourth-order valence-corrected chi connectivity index (χ4v) is 7.09. The van der Waals surface area contributed by atoms with Gasteiger partial charge in [0.05, 0.1) is 11.8 Å². The number of amides is 2. The molecule has 0 aliphatic heterocycles. The van der Waals surface area contributed by atoms with Crippen molar-refractivity contribution in [1.82, 2.24) is 5.32 Å². The number of aliphatic carboxylic acids is 1. The van der Waals surface area contributed by atoms with Gasteiger partial charge >= 0.3 is 5.97 Å². The first-order valence-electron chi connectivity index (χ1n) is 10.5. The van der Waals surface area contributed by atoms with Crippen LogP contribution < -0.4 is 10.6 Å². The molecule has 29 heavy (non-hydrogen) atoms. The second-order valence-corrected chi connectivity index (χ2v) is 10.4. The largest absolute Gasteiger partial charge is 0.480 e. The van der Waals surface area contributed by atoms with Crippen molar-refractivity contribution in [3.8, 4) is 0 Å². The normalized spacial score (nSPS) is 34.6. The molecule has 156 valence electrons. The molecule has 0 radical (unpaired) electrons. The van der Waals surface area contributed by atoms with Crippen LogP contribution in [0.4, 0.5) is 5.69 Å². The van der Waals surface area contributed by atoms with Gasteiger partial charge in [-0.3, -0.25) is 14.4 Å². The van der Waals surface area contributed by atoms with Gasteiger partial charge in [-0.15, -0.1) is 0 Å². The number of hydrogen-bond donors (Lipinski definition) is 3. The molecule has 4 saturated carbocycles. The van der Waals surface area contributed by atoms with E-state index in [0.717, 1.165) is 30.5 Å². The third-order valence-corrected chi connectivity index (χ3v) is 7.12. The standard InChI is InChI=1S/C23H30N2O4/c1-21-8-16-9-22(2,12-21)14-23(10-16,13-21)20(29)25-17-5-3-15(4-6-17)7-18(26)24-11-19(27)28/h3-6,16H,7-14H2,1-2H3,(H,24,26)(H,25,29)(H,27,28). The van der Waals surface area contributed by atoms with Crippen LogP contribution in [0.25, 0.3) is 0 Å². The van der Waals surface area contributed by atoms with E-state index in [0.29, 0.717) is 16.7 Å². The van der Waals surface area contributed by atoms with Crippen molar-refractivity contribution in [2.75, 3.05) is 11.9 Å². The Kier molecular flexibility index (Phi) is 4.71. The van der Waals surface area contributed by atoms with Gasteiger partial charge in [0, 0.05) is 5.69 Å². The van der Waals surface area contributed by atoms with Gasteiger partial charge in [0.15, 0.2) is 0 Å². The van der Waals surface area contributed by atoms with Crippen LogP contribution in [0.3, 0.4) is 0 Å². The fraction of sp³-hybridized carbons (Fsp3) is 0.609. The number of nitrogens with one attached hydrogen (secondary N) is 2. The molecular weight excluding hydrogens is 368 g/mol. The van der Waals surface area contributed by atoms with Gasteiger partial charge in [0.2, 0.25) is 11.8 Å². The van der Waals surface area contributed by atoms with Gasteiger partial charge in [0.25, 0.3) is 0 Å². The van der Waals surface area contributed by atoms with E-state index >= 15 is 0 Å². The van der Waals surface area contributed by atoms with Crippen LogP contribution in [-0.2, 0) is 20.8 Å². The molecule has 4 bridgehead atoms. The summed E-state index contributed by atoms with van der Waals surface area (Å²) in [7, 11) is 0. The third-order valence-electron chi connectivity index (χ3n) is 7.12. The molecular formula is C23H30N2O4.